The predicted molar refractivity (Wildman–Crippen MR) is 77.0 cm³/mol. The average Bonchev–Trinajstić information content (AvgIpc) is 2.35. The molecule has 1 aromatic rings. The molecule has 0 aliphatic carbocycles. The number of nitrogens with two attached hydrogens (primary N) is 1. The van der Waals surface area contributed by atoms with Crippen LogP contribution in [-0.4, -0.2) is 29.1 Å². The van der Waals surface area contributed by atoms with Gasteiger partial charge in [0.15, 0.2) is 0 Å². The molecule has 0 radical (unpaired) electrons. The molecule has 0 atom stereocenters. The highest BCUT2D eigenvalue weighted by atomic mass is 16.4. The van der Waals surface area contributed by atoms with Crippen molar-refractivity contribution in [1.82, 2.24) is 0 Å². The van der Waals surface area contributed by atoms with E-state index in [4.69, 9.17) is 5.73 Å². The Morgan fingerprint density at radius 1 is 1.40 bits per heavy atom. The predicted octanol–water partition coefficient (Wildman–Crippen LogP) is 1.79. The normalized spacial score (nSPS) is 14.8. The van der Waals surface area contributed by atoms with Gasteiger partial charge in [0.2, 0.25) is 5.91 Å². The number of carboxylic acid groups (broad SMARTS) is 1. The van der Waals surface area contributed by atoms with Gasteiger partial charge in [-0.05, 0) is 44.4 Å². The van der Waals surface area contributed by atoms with Crippen LogP contribution in [0.4, 0.5) is 5.69 Å². The molecule has 3 N–H and O–H groups in total. The third-order valence-electron chi connectivity index (χ3n) is 3.39. The van der Waals surface area contributed by atoms with E-state index in [9.17, 15) is 14.7 Å². The number of hydrogen-bond acceptors (Lipinski definition) is 3. The van der Waals surface area contributed by atoms with E-state index >= 15 is 0 Å². The highest BCUT2D eigenvalue weighted by Crippen LogP contribution is 2.31. The number of rotatable bonds is 3. The summed E-state index contributed by atoms with van der Waals surface area (Å²) in [5.41, 5.74) is 7.07. The number of hydrogen-bond donors (Lipinski definition) is 2. The Labute approximate surface area is 118 Å². The van der Waals surface area contributed by atoms with E-state index in [0.717, 1.165) is 12.0 Å². The summed E-state index contributed by atoms with van der Waals surface area (Å²) >= 11 is 0. The van der Waals surface area contributed by atoms with E-state index in [1.54, 1.807) is 17.0 Å². The van der Waals surface area contributed by atoms with Crippen molar-refractivity contribution in [2.24, 2.45) is 5.73 Å². The van der Waals surface area contributed by atoms with Gasteiger partial charge < -0.3 is 15.7 Å². The topological polar surface area (TPSA) is 83.6 Å². The number of anilines is 1. The maximum absolute atomic E-state index is 12.4. The molecule has 1 aliphatic heterocycles. The second-order valence-corrected chi connectivity index (χ2v) is 5.92. The quantitative estimate of drug-likeness (QED) is 0.881. The monoisotopic (exact) mass is 276 g/mol. The van der Waals surface area contributed by atoms with E-state index in [0.29, 0.717) is 18.7 Å². The Bertz CT molecular complexity index is 547. The summed E-state index contributed by atoms with van der Waals surface area (Å²) in [5, 5.41) is 9.23. The molecule has 0 spiro atoms. The molecule has 5 heteroatoms. The second-order valence-electron chi connectivity index (χ2n) is 5.92. The molecule has 2 rings (SSSR count). The first-order chi connectivity index (χ1) is 9.29. The molecule has 1 heterocycles. The highest BCUT2D eigenvalue weighted by molar-refractivity contribution is 5.98. The van der Waals surface area contributed by atoms with Gasteiger partial charge in [-0.2, -0.15) is 0 Å². The number of carbonyl (C=O) groups is 2. The molecule has 108 valence electrons. The molecule has 1 amide bonds. The number of amides is 1. The lowest BCUT2D eigenvalue weighted by molar-refractivity contribution is -0.119. The standard InChI is InChI=1S/C15H20N2O3/c1-15(2,16)9-13(18)17-8-4-6-10-11(14(19)20)5-3-7-12(10)17/h3,5,7H,4,6,8-9,16H2,1-2H3,(H,19,20). The molecular formula is C15H20N2O3. The number of aromatic carboxylic acids is 1. The van der Waals surface area contributed by atoms with Gasteiger partial charge in [-0.25, -0.2) is 4.79 Å². The minimum Gasteiger partial charge on any atom is -0.478 e. The van der Waals surface area contributed by atoms with Gasteiger partial charge in [-0.15, -0.1) is 0 Å². The second kappa shape index (κ2) is 5.25. The van der Waals surface area contributed by atoms with Crippen molar-refractivity contribution >= 4 is 17.6 Å². The number of fused-ring (bicyclic) bond motifs is 1. The molecule has 1 aromatic carbocycles. The number of nitrogens with zero attached hydrogens (tertiary/aromatic N) is 1. The zero-order valence-electron chi connectivity index (χ0n) is 11.8. The first kappa shape index (κ1) is 14.5. The lowest BCUT2D eigenvalue weighted by atomic mass is 9.94. The van der Waals surface area contributed by atoms with E-state index in [1.807, 2.05) is 19.9 Å². The molecule has 0 unspecified atom stereocenters. The van der Waals surface area contributed by atoms with Crippen molar-refractivity contribution in [2.75, 3.05) is 11.4 Å². The largest absolute Gasteiger partial charge is 0.478 e. The minimum atomic E-state index is -0.949. The Balaban J connectivity index is 2.36. The van der Waals surface area contributed by atoms with Crippen molar-refractivity contribution in [3.05, 3.63) is 29.3 Å². The molecule has 0 bridgehead atoms. The van der Waals surface area contributed by atoms with Crippen LogP contribution < -0.4 is 10.6 Å². The van der Waals surface area contributed by atoms with E-state index < -0.39 is 11.5 Å². The van der Waals surface area contributed by atoms with Gasteiger partial charge in [0.05, 0.1) is 5.56 Å². The lowest BCUT2D eigenvalue weighted by Crippen LogP contribution is -2.43. The maximum atomic E-state index is 12.4. The zero-order chi connectivity index (χ0) is 14.9. The summed E-state index contributed by atoms with van der Waals surface area (Å²) in [6.45, 7) is 4.23. The summed E-state index contributed by atoms with van der Waals surface area (Å²) in [7, 11) is 0. The molecule has 20 heavy (non-hydrogen) atoms. The molecule has 0 saturated carbocycles. The van der Waals surface area contributed by atoms with Crippen LogP contribution in [0, 0.1) is 0 Å². The van der Waals surface area contributed by atoms with Crippen LogP contribution in [0.1, 0.15) is 42.6 Å². The summed E-state index contributed by atoms with van der Waals surface area (Å²) in [6.07, 6.45) is 1.70. The molecule has 5 nitrogen and oxygen atoms in total. The minimum absolute atomic E-state index is 0.0546. The lowest BCUT2D eigenvalue weighted by Gasteiger charge is -2.32. The SMILES string of the molecule is CC(C)(N)CC(=O)N1CCCc2c(C(=O)O)cccc21. The van der Waals surface area contributed by atoms with Gasteiger partial charge in [-0.3, -0.25) is 4.79 Å². The third kappa shape index (κ3) is 2.99. The molecule has 0 saturated heterocycles. The zero-order valence-corrected chi connectivity index (χ0v) is 11.8. The van der Waals surface area contributed by atoms with Crippen LogP contribution in [0.2, 0.25) is 0 Å². The number of carbonyl (C=O) groups excluding carboxylic acids is 1. The number of carboxylic acids is 1. The van der Waals surface area contributed by atoms with E-state index in [-0.39, 0.29) is 17.9 Å². The Kier molecular flexibility index (Phi) is 3.81. The average molecular weight is 276 g/mol. The van der Waals surface area contributed by atoms with Crippen LogP contribution in [0.5, 0.6) is 0 Å². The molecular weight excluding hydrogens is 256 g/mol. The van der Waals surface area contributed by atoms with E-state index in [2.05, 4.69) is 0 Å². The Morgan fingerprint density at radius 2 is 2.10 bits per heavy atom. The fourth-order valence-corrected chi connectivity index (χ4v) is 2.57. The van der Waals surface area contributed by atoms with Crippen molar-refractivity contribution in [1.29, 1.82) is 0 Å². The Morgan fingerprint density at radius 3 is 2.70 bits per heavy atom. The fourth-order valence-electron chi connectivity index (χ4n) is 2.57. The smallest absolute Gasteiger partial charge is 0.336 e. The van der Waals surface area contributed by atoms with Crippen LogP contribution in [0.3, 0.4) is 0 Å². The third-order valence-corrected chi connectivity index (χ3v) is 3.39. The van der Waals surface area contributed by atoms with Crippen LogP contribution >= 0.6 is 0 Å². The van der Waals surface area contributed by atoms with Crippen LogP contribution in [0.15, 0.2) is 18.2 Å². The maximum Gasteiger partial charge on any atom is 0.336 e. The van der Waals surface area contributed by atoms with Gasteiger partial charge in [0.25, 0.3) is 0 Å². The van der Waals surface area contributed by atoms with Gasteiger partial charge in [0.1, 0.15) is 0 Å². The summed E-state index contributed by atoms with van der Waals surface area (Å²) in [4.78, 5) is 25.3. The van der Waals surface area contributed by atoms with E-state index in [1.165, 1.54) is 0 Å². The van der Waals surface area contributed by atoms with Crippen molar-refractivity contribution in [3.8, 4) is 0 Å². The Hall–Kier alpha value is -1.88. The molecule has 0 fully saturated rings. The molecule has 1 aliphatic rings. The fraction of sp³-hybridized carbons (Fsp3) is 0.467. The summed E-state index contributed by atoms with van der Waals surface area (Å²) in [5.74, 6) is -1.00. The first-order valence-electron chi connectivity index (χ1n) is 6.74. The van der Waals surface area contributed by atoms with Crippen molar-refractivity contribution in [3.63, 3.8) is 0 Å². The summed E-state index contributed by atoms with van der Waals surface area (Å²) in [6, 6.07) is 5.08. The van der Waals surface area contributed by atoms with Gasteiger partial charge in [-0.1, -0.05) is 6.07 Å². The van der Waals surface area contributed by atoms with Gasteiger partial charge in [0, 0.05) is 24.2 Å². The number of benzene rings is 1. The summed E-state index contributed by atoms with van der Waals surface area (Å²) < 4.78 is 0. The van der Waals surface area contributed by atoms with Crippen molar-refractivity contribution in [2.45, 2.75) is 38.6 Å². The van der Waals surface area contributed by atoms with Crippen molar-refractivity contribution < 1.29 is 14.7 Å². The van der Waals surface area contributed by atoms with Crippen LogP contribution in [-0.2, 0) is 11.2 Å². The van der Waals surface area contributed by atoms with Gasteiger partial charge >= 0.3 is 5.97 Å². The van der Waals surface area contributed by atoms with Crippen LogP contribution in [0.25, 0.3) is 0 Å². The highest BCUT2D eigenvalue weighted by Gasteiger charge is 2.28. The first-order valence-corrected chi connectivity index (χ1v) is 6.74. The molecule has 0 aromatic heterocycles.